The van der Waals surface area contributed by atoms with E-state index < -0.39 is 12.0 Å². The van der Waals surface area contributed by atoms with Crippen molar-refractivity contribution in [1.29, 1.82) is 0 Å². The van der Waals surface area contributed by atoms with Gasteiger partial charge in [0.2, 0.25) is 11.8 Å². The first-order valence-corrected chi connectivity index (χ1v) is 8.12. The third-order valence-corrected chi connectivity index (χ3v) is 3.88. The largest absolute Gasteiger partial charge is 0.450 e. The third kappa shape index (κ3) is 4.55. The van der Waals surface area contributed by atoms with Crippen LogP contribution in [0.2, 0.25) is 0 Å². The number of hydrogen-bond donors (Lipinski definition) is 1. The molecule has 0 unspecified atom stereocenters. The number of amides is 3. The lowest BCUT2D eigenvalue weighted by Crippen LogP contribution is -2.45. The zero-order chi connectivity index (χ0) is 17.5. The van der Waals surface area contributed by atoms with Crippen molar-refractivity contribution in [2.75, 3.05) is 37.7 Å². The Balaban J connectivity index is 1.90. The van der Waals surface area contributed by atoms with Crippen LogP contribution in [-0.2, 0) is 20.7 Å². The van der Waals surface area contributed by atoms with Crippen molar-refractivity contribution in [2.45, 2.75) is 20.3 Å². The standard InChI is InChI=1S/C17H23N3O4/c1-3-19(11-15(21)18-17(23)24-4-2)12-16(22)20-10-9-13-7-5-6-8-14(13)20/h5-8H,3-4,9-12H2,1-2H3,(H,18,21,23). The highest BCUT2D eigenvalue weighted by Crippen LogP contribution is 2.27. The first-order chi connectivity index (χ1) is 11.5. The van der Waals surface area contributed by atoms with Crippen LogP contribution in [0.3, 0.4) is 0 Å². The molecule has 1 aromatic rings. The van der Waals surface area contributed by atoms with Crippen LogP contribution in [0.4, 0.5) is 10.5 Å². The smallest absolute Gasteiger partial charge is 0.413 e. The average molecular weight is 333 g/mol. The molecule has 0 radical (unpaired) electrons. The Morgan fingerprint density at radius 1 is 1.21 bits per heavy atom. The second-order valence-corrected chi connectivity index (χ2v) is 5.50. The summed E-state index contributed by atoms with van der Waals surface area (Å²) < 4.78 is 4.66. The van der Waals surface area contributed by atoms with E-state index in [0.29, 0.717) is 13.1 Å². The number of nitrogens with zero attached hydrogens (tertiary/aromatic N) is 2. The Morgan fingerprint density at radius 2 is 1.96 bits per heavy atom. The van der Waals surface area contributed by atoms with E-state index in [-0.39, 0.29) is 25.6 Å². The molecule has 24 heavy (non-hydrogen) atoms. The number of rotatable bonds is 6. The minimum absolute atomic E-state index is 0.0312. The van der Waals surface area contributed by atoms with Gasteiger partial charge in [-0.05, 0) is 31.5 Å². The zero-order valence-electron chi connectivity index (χ0n) is 14.1. The molecule has 130 valence electrons. The first-order valence-electron chi connectivity index (χ1n) is 8.12. The van der Waals surface area contributed by atoms with Gasteiger partial charge in [0.25, 0.3) is 0 Å². The number of carbonyl (C=O) groups excluding carboxylic acids is 3. The fourth-order valence-corrected chi connectivity index (χ4v) is 2.68. The molecule has 0 spiro atoms. The van der Waals surface area contributed by atoms with Crippen LogP contribution in [0.1, 0.15) is 19.4 Å². The van der Waals surface area contributed by atoms with Crippen LogP contribution in [0.5, 0.6) is 0 Å². The van der Waals surface area contributed by atoms with Gasteiger partial charge in [0.05, 0.1) is 19.7 Å². The monoisotopic (exact) mass is 333 g/mol. The Morgan fingerprint density at radius 3 is 2.67 bits per heavy atom. The van der Waals surface area contributed by atoms with Gasteiger partial charge in [-0.1, -0.05) is 25.1 Å². The zero-order valence-corrected chi connectivity index (χ0v) is 14.1. The lowest BCUT2D eigenvalue weighted by Gasteiger charge is -2.23. The molecule has 2 rings (SSSR count). The maximum Gasteiger partial charge on any atom is 0.413 e. The Hall–Kier alpha value is -2.41. The maximum atomic E-state index is 12.5. The quantitative estimate of drug-likeness (QED) is 0.845. The molecule has 0 aromatic heterocycles. The normalized spacial score (nSPS) is 12.9. The molecule has 0 aliphatic carbocycles. The number of nitrogens with one attached hydrogen (secondary N) is 1. The second-order valence-electron chi connectivity index (χ2n) is 5.50. The number of ether oxygens (including phenoxy) is 1. The van der Waals surface area contributed by atoms with E-state index in [9.17, 15) is 14.4 Å². The van der Waals surface area contributed by atoms with Crippen molar-refractivity contribution in [3.63, 3.8) is 0 Å². The highest BCUT2D eigenvalue weighted by Gasteiger charge is 2.25. The van der Waals surface area contributed by atoms with Crippen molar-refractivity contribution in [1.82, 2.24) is 10.2 Å². The summed E-state index contributed by atoms with van der Waals surface area (Å²) in [5.74, 6) is -0.532. The van der Waals surface area contributed by atoms with Crippen LogP contribution in [-0.4, -0.2) is 55.6 Å². The SMILES string of the molecule is CCOC(=O)NC(=O)CN(CC)CC(=O)N1CCc2ccccc21. The van der Waals surface area contributed by atoms with Gasteiger partial charge < -0.3 is 9.64 Å². The van der Waals surface area contributed by atoms with Gasteiger partial charge in [0.1, 0.15) is 0 Å². The van der Waals surface area contributed by atoms with Gasteiger partial charge in [-0.3, -0.25) is 19.8 Å². The molecule has 0 fully saturated rings. The fourth-order valence-electron chi connectivity index (χ4n) is 2.68. The van der Waals surface area contributed by atoms with Crippen LogP contribution in [0.25, 0.3) is 0 Å². The van der Waals surface area contributed by atoms with Crippen molar-refractivity contribution in [3.05, 3.63) is 29.8 Å². The van der Waals surface area contributed by atoms with Gasteiger partial charge in [-0.15, -0.1) is 0 Å². The Kier molecular flexibility index (Phi) is 6.31. The van der Waals surface area contributed by atoms with E-state index in [1.807, 2.05) is 31.2 Å². The number of likely N-dealkylation sites (N-methyl/N-ethyl adjacent to an activating group) is 1. The van der Waals surface area contributed by atoms with E-state index >= 15 is 0 Å². The average Bonchev–Trinajstić information content (AvgIpc) is 2.98. The number of alkyl carbamates (subject to hydrolysis) is 1. The predicted octanol–water partition coefficient (Wildman–Crippen LogP) is 1.17. The van der Waals surface area contributed by atoms with Gasteiger partial charge >= 0.3 is 6.09 Å². The second kappa shape index (κ2) is 8.44. The first kappa shape index (κ1) is 17.9. The number of fused-ring (bicyclic) bond motifs is 1. The lowest BCUT2D eigenvalue weighted by atomic mass is 10.2. The summed E-state index contributed by atoms with van der Waals surface area (Å²) >= 11 is 0. The molecule has 7 nitrogen and oxygen atoms in total. The molecule has 0 bridgehead atoms. The molecule has 7 heteroatoms. The topological polar surface area (TPSA) is 79.0 Å². The molecule has 1 aromatic carbocycles. The summed E-state index contributed by atoms with van der Waals surface area (Å²) in [7, 11) is 0. The molecule has 0 saturated heterocycles. The maximum absolute atomic E-state index is 12.5. The van der Waals surface area contributed by atoms with E-state index in [0.717, 1.165) is 17.7 Å². The van der Waals surface area contributed by atoms with Gasteiger partial charge in [0, 0.05) is 12.2 Å². The van der Waals surface area contributed by atoms with Crippen LogP contribution >= 0.6 is 0 Å². The van der Waals surface area contributed by atoms with Crippen molar-refractivity contribution in [3.8, 4) is 0 Å². The number of anilines is 1. The number of benzene rings is 1. The molecule has 0 atom stereocenters. The number of imide groups is 1. The Labute approximate surface area is 141 Å². The van der Waals surface area contributed by atoms with Crippen molar-refractivity contribution in [2.24, 2.45) is 0 Å². The van der Waals surface area contributed by atoms with Crippen molar-refractivity contribution < 1.29 is 19.1 Å². The fraction of sp³-hybridized carbons (Fsp3) is 0.471. The van der Waals surface area contributed by atoms with E-state index in [2.05, 4.69) is 10.1 Å². The molecular weight excluding hydrogens is 310 g/mol. The summed E-state index contributed by atoms with van der Waals surface area (Å²) in [5, 5.41) is 2.14. The van der Waals surface area contributed by atoms with Crippen LogP contribution in [0, 0.1) is 0 Å². The molecule has 3 amide bonds. The highest BCUT2D eigenvalue weighted by atomic mass is 16.5. The summed E-state index contributed by atoms with van der Waals surface area (Å²) in [5.41, 5.74) is 2.10. The van der Waals surface area contributed by atoms with Crippen molar-refractivity contribution >= 4 is 23.6 Å². The Bertz CT molecular complexity index is 618. The summed E-state index contributed by atoms with van der Waals surface area (Å²) in [6.07, 6.45) is 0.0792. The number of para-hydroxylation sites is 1. The van der Waals surface area contributed by atoms with Gasteiger partial charge in [-0.2, -0.15) is 0 Å². The summed E-state index contributed by atoms with van der Waals surface area (Å²) in [6.45, 7) is 5.00. The highest BCUT2D eigenvalue weighted by molar-refractivity contribution is 5.97. The summed E-state index contributed by atoms with van der Waals surface area (Å²) in [6, 6.07) is 7.83. The molecular formula is C17H23N3O4. The van der Waals surface area contributed by atoms with Gasteiger partial charge in [-0.25, -0.2) is 4.79 Å². The lowest BCUT2D eigenvalue weighted by molar-refractivity contribution is -0.123. The minimum Gasteiger partial charge on any atom is -0.450 e. The number of hydrogen-bond acceptors (Lipinski definition) is 5. The summed E-state index contributed by atoms with van der Waals surface area (Å²) in [4.78, 5) is 39.1. The molecule has 1 aliphatic heterocycles. The van der Waals surface area contributed by atoms with E-state index in [1.54, 1.807) is 16.7 Å². The van der Waals surface area contributed by atoms with Crippen LogP contribution in [0.15, 0.2) is 24.3 Å². The van der Waals surface area contributed by atoms with Crippen LogP contribution < -0.4 is 10.2 Å². The molecule has 1 aliphatic rings. The molecule has 0 saturated carbocycles. The minimum atomic E-state index is -0.765. The van der Waals surface area contributed by atoms with E-state index in [1.165, 1.54) is 0 Å². The number of carbonyl (C=O) groups is 3. The van der Waals surface area contributed by atoms with E-state index in [4.69, 9.17) is 0 Å². The van der Waals surface area contributed by atoms with Gasteiger partial charge in [0.15, 0.2) is 0 Å². The predicted molar refractivity (Wildman–Crippen MR) is 89.8 cm³/mol. The molecule has 1 heterocycles. The third-order valence-electron chi connectivity index (χ3n) is 3.88. The molecule has 1 N–H and O–H groups in total.